The van der Waals surface area contributed by atoms with Gasteiger partial charge in [-0.3, -0.25) is 4.79 Å². The van der Waals surface area contributed by atoms with Crippen LogP contribution in [0.1, 0.15) is 13.3 Å². The van der Waals surface area contributed by atoms with Gasteiger partial charge in [-0.15, -0.1) is 0 Å². The number of hydrogen-bond donors (Lipinski definition) is 0. The first kappa shape index (κ1) is 11.2. The van der Waals surface area contributed by atoms with Gasteiger partial charge in [0.1, 0.15) is 0 Å². The average Bonchev–Trinajstić information content (AvgIpc) is 1.85. The van der Waals surface area contributed by atoms with Crippen molar-refractivity contribution in [3.63, 3.8) is 0 Å². The summed E-state index contributed by atoms with van der Waals surface area (Å²) in [5.74, 6) is -1.28. The van der Waals surface area contributed by atoms with E-state index in [0.29, 0.717) is 5.57 Å². The summed E-state index contributed by atoms with van der Waals surface area (Å²) in [4.78, 5) is 21.0. The van der Waals surface area contributed by atoms with E-state index in [1.165, 1.54) is 12.2 Å². The maximum absolute atomic E-state index is 10.7. The minimum absolute atomic E-state index is 0. The van der Waals surface area contributed by atoms with Gasteiger partial charge >= 0.3 is 18.9 Å². The fourth-order valence-corrected chi connectivity index (χ4v) is 0.986. The fourth-order valence-electron chi connectivity index (χ4n) is 0.986. The third kappa shape index (κ3) is 2.37. The van der Waals surface area contributed by atoms with Gasteiger partial charge < -0.3 is 9.90 Å². The number of carboxylic acid groups (broad SMARTS) is 1. The Bertz CT molecular complexity index is 276. The number of allylic oxidation sites excluding steroid dienone is 2. The van der Waals surface area contributed by atoms with Crippen molar-refractivity contribution in [2.24, 2.45) is 0 Å². The molecule has 0 radical (unpaired) electrons. The molecule has 1 aliphatic rings. The molecule has 0 atom stereocenters. The molecule has 1 aliphatic carbocycles. The minimum atomic E-state index is -1.22. The standard InChI is InChI=1S/C8H8O3.Li/c1-5-4-6(9)2-3-7(5)8(10)11;/h3-4H,2H2,1H3,(H,10,11);/q;+1/p-1. The van der Waals surface area contributed by atoms with Gasteiger partial charge in [0.25, 0.3) is 0 Å². The molecule has 12 heavy (non-hydrogen) atoms. The van der Waals surface area contributed by atoms with Crippen molar-refractivity contribution in [2.75, 3.05) is 0 Å². The molecule has 0 aliphatic heterocycles. The van der Waals surface area contributed by atoms with Crippen LogP contribution in [0, 0.1) is 0 Å². The van der Waals surface area contributed by atoms with Crippen molar-refractivity contribution < 1.29 is 33.6 Å². The van der Waals surface area contributed by atoms with Crippen LogP contribution in [0.5, 0.6) is 0 Å². The zero-order chi connectivity index (χ0) is 8.43. The SMILES string of the molecule is CC1=CC(=O)CC=C1C(=O)[O-].[Li+]. The first-order valence-electron chi connectivity index (χ1n) is 3.24. The fraction of sp³-hybridized carbons (Fsp3) is 0.250. The summed E-state index contributed by atoms with van der Waals surface area (Å²) in [7, 11) is 0. The van der Waals surface area contributed by atoms with Crippen LogP contribution in [-0.2, 0) is 9.59 Å². The van der Waals surface area contributed by atoms with Crippen LogP contribution in [0.2, 0.25) is 0 Å². The molecule has 0 bridgehead atoms. The van der Waals surface area contributed by atoms with Crippen LogP contribution in [-0.4, -0.2) is 11.8 Å². The van der Waals surface area contributed by atoms with Crippen LogP contribution in [0.3, 0.4) is 0 Å². The summed E-state index contributed by atoms with van der Waals surface area (Å²) in [6.07, 6.45) is 2.87. The largest absolute Gasteiger partial charge is 1.00 e. The summed E-state index contributed by atoms with van der Waals surface area (Å²) in [5.41, 5.74) is 0.603. The molecule has 3 nitrogen and oxygen atoms in total. The van der Waals surface area contributed by atoms with Crippen LogP contribution in [0.4, 0.5) is 0 Å². The molecule has 0 saturated heterocycles. The Kier molecular flexibility index (Phi) is 4.01. The van der Waals surface area contributed by atoms with E-state index in [1.54, 1.807) is 6.92 Å². The summed E-state index contributed by atoms with van der Waals surface area (Å²) < 4.78 is 0. The smallest absolute Gasteiger partial charge is 0.545 e. The molecule has 0 amide bonds. The normalized spacial score (nSPS) is 15.9. The Balaban J connectivity index is 0.00000121. The van der Waals surface area contributed by atoms with E-state index in [1.807, 2.05) is 0 Å². The van der Waals surface area contributed by atoms with Crippen LogP contribution >= 0.6 is 0 Å². The van der Waals surface area contributed by atoms with Crippen LogP contribution in [0.15, 0.2) is 23.3 Å². The van der Waals surface area contributed by atoms with E-state index < -0.39 is 5.97 Å². The second-order valence-corrected chi connectivity index (χ2v) is 2.40. The van der Waals surface area contributed by atoms with Crippen LogP contribution in [0.25, 0.3) is 0 Å². The van der Waals surface area contributed by atoms with Crippen molar-refractivity contribution >= 4 is 11.8 Å². The van der Waals surface area contributed by atoms with Gasteiger partial charge in [-0.1, -0.05) is 6.08 Å². The molecule has 0 spiro atoms. The van der Waals surface area contributed by atoms with Crippen molar-refractivity contribution in [1.82, 2.24) is 0 Å². The molecule has 1 rings (SSSR count). The molecule has 0 fully saturated rings. The summed E-state index contributed by atoms with van der Waals surface area (Å²) >= 11 is 0. The second-order valence-electron chi connectivity index (χ2n) is 2.40. The number of rotatable bonds is 1. The van der Waals surface area contributed by atoms with Crippen molar-refractivity contribution in [1.29, 1.82) is 0 Å². The Morgan fingerprint density at radius 3 is 2.58 bits per heavy atom. The predicted molar refractivity (Wildman–Crippen MR) is 36.5 cm³/mol. The Labute approximate surface area is 82.3 Å². The zero-order valence-electron chi connectivity index (χ0n) is 7.09. The zero-order valence-corrected chi connectivity index (χ0v) is 7.09. The second kappa shape index (κ2) is 4.29. The molecule has 0 aromatic carbocycles. The van der Waals surface area contributed by atoms with Crippen molar-refractivity contribution in [3.8, 4) is 0 Å². The maximum Gasteiger partial charge on any atom is 1.00 e. The van der Waals surface area contributed by atoms with E-state index in [9.17, 15) is 14.7 Å². The third-order valence-electron chi connectivity index (χ3n) is 1.53. The average molecular weight is 158 g/mol. The number of hydrogen-bond acceptors (Lipinski definition) is 3. The third-order valence-corrected chi connectivity index (χ3v) is 1.53. The minimum Gasteiger partial charge on any atom is -0.545 e. The molecule has 0 N–H and O–H groups in total. The van der Waals surface area contributed by atoms with E-state index in [2.05, 4.69) is 0 Å². The topological polar surface area (TPSA) is 57.2 Å². The van der Waals surface area contributed by atoms with E-state index in [4.69, 9.17) is 0 Å². The van der Waals surface area contributed by atoms with Gasteiger partial charge in [0.15, 0.2) is 5.78 Å². The van der Waals surface area contributed by atoms with Gasteiger partial charge in [0.05, 0.1) is 5.97 Å². The van der Waals surface area contributed by atoms with Crippen molar-refractivity contribution in [2.45, 2.75) is 13.3 Å². The van der Waals surface area contributed by atoms with Gasteiger partial charge in [-0.25, -0.2) is 0 Å². The van der Waals surface area contributed by atoms with E-state index >= 15 is 0 Å². The molecule has 0 unspecified atom stereocenters. The molecule has 0 saturated carbocycles. The van der Waals surface area contributed by atoms with Gasteiger partial charge in [-0.05, 0) is 24.1 Å². The number of carbonyl (C=O) groups excluding carboxylic acids is 2. The Morgan fingerprint density at radius 2 is 2.17 bits per heavy atom. The Morgan fingerprint density at radius 1 is 1.58 bits per heavy atom. The predicted octanol–water partition coefficient (Wildman–Crippen LogP) is -3.41. The summed E-state index contributed by atoms with van der Waals surface area (Å²) in [6.45, 7) is 1.58. The maximum atomic E-state index is 10.7. The van der Waals surface area contributed by atoms with Gasteiger partial charge in [0, 0.05) is 6.42 Å². The summed E-state index contributed by atoms with van der Waals surface area (Å²) in [6, 6.07) is 0. The van der Waals surface area contributed by atoms with Gasteiger partial charge in [0.2, 0.25) is 0 Å². The molecule has 0 aromatic rings. The molecular formula is C8H7LiO3. The van der Waals surface area contributed by atoms with Crippen molar-refractivity contribution in [3.05, 3.63) is 23.3 Å². The summed E-state index contributed by atoms with van der Waals surface area (Å²) in [5, 5.41) is 10.3. The van der Waals surface area contributed by atoms with Gasteiger partial charge in [-0.2, -0.15) is 0 Å². The first-order valence-corrected chi connectivity index (χ1v) is 3.24. The Hall–Kier alpha value is -0.783. The van der Waals surface area contributed by atoms with E-state index in [-0.39, 0.29) is 36.6 Å². The first-order chi connectivity index (χ1) is 5.11. The van der Waals surface area contributed by atoms with Crippen LogP contribution < -0.4 is 24.0 Å². The number of carboxylic acids is 1. The molecule has 0 heterocycles. The molecular weight excluding hydrogens is 151 g/mol. The quantitative estimate of drug-likeness (QED) is 0.373. The molecule has 58 valence electrons. The number of carbonyl (C=O) groups is 2. The van der Waals surface area contributed by atoms with E-state index in [0.717, 1.165) is 0 Å². The monoisotopic (exact) mass is 158 g/mol. The number of aliphatic carboxylic acids is 1. The number of ketones is 1. The molecule has 0 aromatic heterocycles. The molecule has 4 heteroatoms.